The third-order valence-corrected chi connectivity index (χ3v) is 4.64. The summed E-state index contributed by atoms with van der Waals surface area (Å²) in [5, 5.41) is 25.3. The molecule has 0 bridgehead atoms. The monoisotopic (exact) mass is 343 g/mol. The fraction of sp³-hybridized carbons (Fsp3) is 0.944. The van der Waals surface area contributed by atoms with Crippen LogP contribution in [0.2, 0.25) is 0 Å². The first-order chi connectivity index (χ1) is 11.5. The summed E-state index contributed by atoms with van der Waals surface area (Å²) in [7, 11) is 0. The minimum Gasteiger partial charge on any atom is -0.396 e. The summed E-state index contributed by atoms with van der Waals surface area (Å²) in [6, 6.07) is 0. The van der Waals surface area contributed by atoms with Gasteiger partial charge in [0, 0.05) is 38.3 Å². The maximum atomic E-state index is 9.32. The van der Waals surface area contributed by atoms with E-state index in [2.05, 4.69) is 31.4 Å². The van der Waals surface area contributed by atoms with Gasteiger partial charge in [0.15, 0.2) is 5.96 Å². The summed E-state index contributed by atoms with van der Waals surface area (Å²) in [5.41, 5.74) is -0.0282. The number of ether oxygens (including phenoxy) is 1. The largest absolute Gasteiger partial charge is 0.396 e. The molecule has 0 aromatic rings. The molecule has 1 saturated heterocycles. The Hall–Kier alpha value is -0.850. The molecular formula is C18H37N3O3. The predicted octanol–water partition coefficient (Wildman–Crippen LogP) is 1.38. The summed E-state index contributed by atoms with van der Waals surface area (Å²) in [6.45, 7) is 10.6. The summed E-state index contributed by atoms with van der Waals surface area (Å²) in [6.07, 6.45) is 3.59. The van der Waals surface area contributed by atoms with Gasteiger partial charge in [0.1, 0.15) is 0 Å². The molecule has 1 heterocycles. The van der Waals surface area contributed by atoms with Gasteiger partial charge in [-0.1, -0.05) is 13.8 Å². The van der Waals surface area contributed by atoms with E-state index in [1.807, 2.05) is 0 Å². The average Bonchev–Trinajstić information content (AvgIpc) is 2.99. The van der Waals surface area contributed by atoms with Crippen molar-refractivity contribution in [3.8, 4) is 0 Å². The molecule has 2 unspecified atom stereocenters. The van der Waals surface area contributed by atoms with E-state index in [0.29, 0.717) is 25.0 Å². The average molecular weight is 344 g/mol. The Morgan fingerprint density at radius 1 is 1.25 bits per heavy atom. The van der Waals surface area contributed by atoms with Crippen LogP contribution in [0.5, 0.6) is 0 Å². The van der Waals surface area contributed by atoms with Crippen LogP contribution in [-0.4, -0.2) is 62.2 Å². The summed E-state index contributed by atoms with van der Waals surface area (Å²) >= 11 is 0. The highest BCUT2D eigenvalue weighted by Gasteiger charge is 2.34. The van der Waals surface area contributed by atoms with Gasteiger partial charge in [0.05, 0.1) is 13.2 Å². The molecule has 0 radical (unpaired) electrons. The lowest BCUT2D eigenvalue weighted by Gasteiger charge is -2.25. The second kappa shape index (κ2) is 11.7. The lowest BCUT2D eigenvalue weighted by atomic mass is 9.84. The number of rotatable bonds is 11. The topological polar surface area (TPSA) is 86.1 Å². The Kier molecular flexibility index (Phi) is 10.3. The molecule has 0 spiro atoms. The molecule has 0 aromatic heterocycles. The number of aliphatic hydroxyl groups excluding tert-OH is 2. The van der Waals surface area contributed by atoms with Crippen molar-refractivity contribution in [3.05, 3.63) is 0 Å². The number of aliphatic imine (C=N–C) groups is 1. The van der Waals surface area contributed by atoms with Crippen molar-refractivity contribution in [1.82, 2.24) is 10.6 Å². The molecule has 4 N–H and O–H groups in total. The fourth-order valence-electron chi connectivity index (χ4n) is 3.27. The number of aliphatic hydroxyl groups is 2. The quantitative estimate of drug-likeness (QED) is 0.336. The zero-order valence-electron chi connectivity index (χ0n) is 15.7. The van der Waals surface area contributed by atoms with Crippen LogP contribution >= 0.6 is 0 Å². The predicted molar refractivity (Wildman–Crippen MR) is 98.2 cm³/mol. The number of nitrogens with zero attached hydrogens (tertiary/aromatic N) is 1. The van der Waals surface area contributed by atoms with E-state index < -0.39 is 0 Å². The van der Waals surface area contributed by atoms with Gasteiger partial charge in [-0.2, -0.15) is 0 Å². The Balaban J connectivity index is 2.60. The first-order valence-corrected chi connectivity index (χ1v) is 9.37. The van der Waals surface area contributed by atoms with E-state index in [0.717, 1.165) is 51.3 Å². The summed E-state index contributed by atoms with van der Waals surface area (Å²) in [4.78, 5) is 4.74. The Morgan fingerprint density at radius 3 is 2.58 bits per heavy atom. The lowest BCUT2D eigenvalue weighted by molar-refractivity contribution is 0.131. The Bertz CT molecular complexity index is 355. The lowest BCUT2D eigenvalue weighted by Crippen LogP contribution is -2.41. The number of nitrogens with one attached hydrogen (secondary N) is 2. The highest BCUT2D eigenvalue weighted by molar-refractivity contribution is 5.79. The summed E-state index contributed by atoms with van der Waals surface area (Å²) in [5.74, 6) is 1.87. The van der Waals surface area contributed by atoms with Gasteiger partial charge in [-0.05, 0) is 44.4 Å². The minimum atomic E-state index is -0.0282. The van der Waals surface area contributed by atoms with Crippen LogP contribution < -0.4 is 10.6 Å². The zero-order chi connectivity index (χ0) is 17.8. The molecule has 0 aromatic carbocycles. The van der Waals surface area contributed by atoms with E-state index in [-0.39, 0.29) is 18.6 Å². The van der Waals surface area contributed by atoms with E-state index in [4.69, 9.17) is 9.73 Å². The molecule has 0 aliphatic carbocycles. The zero-order valence-corrected chi connectivity index (χ0v) is 15.7. The second-order valence-electron chi connectivity index (χ2n) is 7.36. The highest BCUT2D eigenvalue weighted by atomic mass is 16.5. The molecule has 0 amide bonds. The van der Waals surface area contributed by atoms with Gasteiger partial charge < -0.3 is 25.6 Å². The van der Waals surface area contributed by atoms with E-state index in [9.17, 15) is 10.2 Å². The van der Waals surface area contributed by atoms with Crippen molar-refractivity contribution in [3.63, 3.8) is 0 Å². The number of hydrogen-bond acceptors (Lipinski definition) is 4. The van der Waals surface area contributed by atoms with Gasteiger partial charge in [0.25, 0.3) is 0 Å². The Labute approximate surface area is 147 Å². The van der Waals surface area contributed by atoms with Crippen LogP contribution in [0.25, 0.3) is 0 Å². The van der Waals surface area contributed by atoms with E-state index in [1.54, 1.807) is 0 Å². The number of guanidine groups is 1. The first-order valence-electron chi connectivity index (χ1n) is 9.37. The van der Waals surface area contributed by atoms with Crippen molar-refractivity contribution in [2.75, 3.05) is 46.1 Å². The van der Waals surface area contributed by atoms with E-state index >= 15 is 0 Å². The van der Waals surface area contributed by atoms with Crippen molar-refractivity contribution < 1.29 is 14.9 Å². The van der Waals surface area contributed by atoms with Crippen LogP contribution in [0.3, 0.4) is 0 Å². The molecule has 2 atom stereocenters. The fourth-order valence-corrected chi connectivity index (χ4v) is 3.27. The maximum Gasteiger partial charge on any atom is 0.191 e. The molecular weight excluding hydrogens is 306 g/mol. The van der Waals surface area contributed by atoms with Gasteiger partial charge in [-0.15, -0.1) is 0 Å². The third-order valence-electron chi connectivity index (χ3n) is 4.64. The smallest absolute Gasteiger partial charge is 0.191 e. The van der Waals surface area contributed by atoms with Crippen molar-refractivity contribution in [1.29, 1.82) is 0 Å². The molecule has 6 nitrogen and oxygen atoms in total. The third kappa shape index (κ3) is 7.81. The van der Waals surface area contributed by atoms with E-state index in [1.165, 1.54) is 0 Å². The van der Waals surface area contributed by atoms with Crippen LogP contribution in [0, 0.1) is 17.3 Å². The Morgan fingerprint density at radius 2 is 2.04 bits per heavy atom. The van der Waals surface area contributed by atoms with Crippen LogP contribution in [0.15, 0.2) is 4.99 Å². The van der Waals surface area contributed by atoms with Crippen molar-refractivity contribution in [2.45, 2.75) is 46.5 Å². The number of hydrogen-bond donors (Lipinski definition) is 4. The molecule has 142 valence electrons. The van der Waals surface area contributed by atoms with Crippen molar-refractivity contribution >= 4 is 5.96 Å². The first kappa shape index (κ1) is 21.2. The van der Waals surface area contributed by atoms with Crippen molar-refractivity contribution in [2.24, 2.45) is 22.2 Å². The van der Waals surface area contributed by atoms with Crippen LogP contribution in [-0.2, 0) is 4.74 Å². The molecule has 1 rings (SSSR count). The highest BCUT2D eigenvalue weighted by Crippen LogP contribution is 2.32. The van der Waals surface area contributed by atoms with Crippen LogP contribution in [0.4, 0.5) is 0 Å². The molecule has 1 aliphatic rings. The van der Waals surface area contributed by atoms with Gasteiger partial charge >= 0.3 is 0 Å². The maximum absolute atomic E-state index is 9.32. The van der Waals surface area contributed by atoms with Gasteiger partial charge in [-0.3, -0.25) is 4.99 Å². The van der Waals surface area contributed by atoms with Crippen LogP contribution in [0.1, 0.15) is 46.5 Å². The SMILES string of the molecule is CCNC(=NCC1(CCO)CCOC1)NCC(CCO)CC(C)C. The van der Waals surface area contributed by atoms with Gasteiger partial charge in [0.2, 0.25) is 0 Å². The standard InChI is InChI=1S/C18H37N3O3/c1-4-19-17(20-12-16(5-8-22)11-15(2)3)21-13-18(6-9-23)7-10-24-14-18/h15-16,22-23H,4-14H2,1-3H3,(H2,19,20,21). The summed E-state index contributed by atoms with van der Waals surface area (Å²) < 4.78 is 5.53. The molecule has 1 aliphatic heterocycles. The second-order valence-corrected chi connectivity index (χ2v) is 7.36. The molecule has 1 fully saturated rings. The molecule has 6 heteroatoms. The van der Waals surface area contributed by atoms with Gasteiger partial charge in [-0.25, -0.2) is 0 Å². The normalized spacial score (nSPS) is 22.8. The molecule has 0 saturated carbocycles. The molecule has 24 heavy (non-hydrogen) atoms. The minimum absolute atomic E-state index is 0.0282.